The average Bonchev–Trinajstić information content (AvgIpc) is 3.29. The number of nitrogens with zero attached hydrogens (tertiary/aromatic N) is 2. The summed E-state index contributed by atoms with van der Waals surface area (Å²) in [4.78, 5) is 40.9. The lowest BCUT2D eigenvalue weighted by Gasteiger charge is -2.26. The van der Waals surface area contributed by atoms with E-state index < -0.39 is 27.7 Å². The Morgan fingerprint density at radius 3 is 2.35 bits per heavy atom. The molecule has 0 bridgehead atoms. The Balaban J connectivity index is 1.53. The van der Waals surface area contributed by atoms with Crippen LogP contribution < -0.4 is 16.2 Å². The van der Waals surface area contributed by atoms with E-state index in [0.29, 0.717) is 23.5 Å². The molecule has 40 heavy (non-hydrogen) atoms. The molecule has 10 nitrogen and oxygen atoms in total. The van der Waals surface area contributed by atoms with Gasteiger partial charge >= 0.3 is 0 Å². The Hall–Kier alpha value is -3.58. The number of nitrogens with one attached hydrogen (secondary N) is 3. The van der Waals surface area contributed by atoms with E-state index in [1.807, 2.05) is 30.3 Å². The van der Waals surface area contributed by atoms with Crippen LogP contribution in [0.4, 0.5) is 5.00 Å². The number of carbonyl (C=O) groups excluding carboxylic acids is 3. The van der Waals surface area contributed by atoms with E-state index in [1.54, 1.807) is 0 Å². The fraction of sp³-hybridized carbons (Fsp3) is 0.321. The zero-order valence-corrected chi connectivity index (χ0v) is 24.3. The first-order valence-electron chi connectivity index (χ1n) is 13.0. The lowest BCUT2D eigenvalue weighted by molar-refractivity contribution is -0.119. The van der Waals surface area contributed by atoms with Gasteiger partial charge in [-0.15, -0.1) is 11.3 Å². The van der Waals surface area contributed by atoms with Crippen molar-refractivity contribution in [2.45, 2.75) is 44.7 Å². The highest BCUT2D eigenvalue weighted by Gasteiger charge is 2.29. The molecular weight excluding hydrogens is 550 g/mol. The van der Waals surface area contributed by atoms with E-state index in [-0.39, 0.29) is 17.0 Å². The second-order valence-electron chi connectivity index (χ2n) is 9.59. The third-order valence-electron chi connectivity index (χ3n) is 6.55. The number of hydrogen-bond acceptors (Lipinski definition) is 7. The standard InChI is InChI=1S/C28H33N5O5S2/c1-4-15-33-16-14-23-24(18-33)39-28(25(23)27(36)31-30-19(2)34)29-26(35)21-10-12-22(13-11-21)40(37,38)32(3)17-20-8-6-5-7-9-20/h5-13H,4,14-18H2,1-3H3,(H,29,35)(H,30,34)(H,31,36). The molecule has 0 aliphatic carbocycles. The van der Waals surface area contributed by atoms with Gasteiger partial charge in [-0.1, -0.05) is 37.3 Å². The largest absolute Gasteiger partial charge is 0.313 e. The van der Waals surface area contributed by atoms with Crippen LogP contribution in [0.25, 0.3) is 0 Å². The first-order chi connectivity index (χ1) is 19.1. The molecule has 0 fully saturated rings. The molecule has 0 unspecified atom stereocenters. The van der Waals surface area contributed by atoms with Gasteiger partial charge in [0.15, 0.2) is 0 Å². The first-order valence-corrected chi connectivity index (χ1v) is 15.2. The van der Waals surface area contributed by atoms with E-state index in [9.17, 15) is 22.8 Å². The van der Waals surface area contributed by atoms with Crippen molar-refractivity contribution < 1.29 is 22.8 Å². The molecule has 2 aromatic carbocycles. The van der Waals surface area contributed by atoms with Crippen LogP contribution in [0.5, 0.6) is 0 Å². The topological polar surface area (TPSA) is 128 Å². The number of thiophene rings is 1. The van der Waals surface area contributed by atoms with Gasteiger partial charge in [-0.3, -0.25) is 30.1 Å². The number of sulfonamides is 1. The molecule has 1 aliphatic rings. The Kier molecular flexibility index (Phi) is 9.36. The van der Waals surface area contributed by atoms with Gasteiger partial charge in [0, 0.05) is 44.0 Å². The van der Waals surface area contributed by atoms with Crippen molar-refractivity contribution in [1.29, 1.82) is 0 Å². The van der Waals surface area contributed by atoms with E-state index >= 15 is 0 Å². The van der Waals surface area contributed by atoms with Crippen LogP contribution in [-0.2, 0) is 34.3 Å². The van der Waals surface area contributed by atoms with Crippen molar-refractivity contribution >= 4 is 44.1 Å². The number of amides is 3. The van der Waals surface area contributed by atoms with Crippen molar-refractivity contribution in [2.24, 2.45) is 0 Å². The lowest BCUT2D eigenvalue weighted by atomic mass is 10.0. The number of hydrogen-bond donors (Lipinski definition) is 3. The van der Waals surface area contributed by atoms with Crippen LogP contribution in [0.15, 0.2) is 59.5 Å². The molecule has 3 amide bonds. The van der Waals surface area contributed by atoms with E-state index in [2.05, 4.69) is 28.0 Å². The van der Waals surface area contributed by atoms with Crippen LogP contribution >= 0.6 is 11.3 Å². The number of rotatable bonds is 9. The van der Waals surface area contributed by atoms with Gasteiger partial charge in [0.25, 0.3) is 11.8 Å². The second-order valence-corrected chi connectivity index (χ2v) is 12.7. The molecule has 212 valence electrons. The summed E-state index contributed by atoms with van der Waals surface area (Å²) in [5.74, 6) is -1.39. The van der Waals surface area contributed by atoms with Gasteiger partial charge in [-0.2, -0.15) is 4.31 Å². The Morgan fingerprint density at radius 1 is 1.00 bits per heavy atom. The fourth-order valence-electron chi connectivity index (χ4n) is 4.56. The maximum absolute atomic E-state index is 13.2. The Labute approximate surface area is 238 Å². The van der Waals surface area contributed by atoms with Crippen LogP contribution in [0, 0.1) is 0 Å². The van der Waals surface area contributed by atoms with Gasteiger partial charge in [-0.05, 0) is 54.8 Å². The van der Waals surface area contributed by atoms with Crippen molar-refractivity contribution in [3.05, 3.63) is 81.7 Å². The minimum atomic E-state index is -3.77. The number of benzene rings is 2. The summed E-state index contributed by atoms with van der Waals surface area (Å²) in [6.07, 6.45) is 1.65. The van der Waals surface area contributed by atoms with Crippen molar-refractivity contribution in [2.75, 3.05) is 25.5 Å². The Bertz CT molecular complexity index is 1490. The summed E-state index contributed by atoms with van der Waals surface area (Å²) in [5, 5.41) is 3.23. The minimum absolute atomic E-state index is 0.0699. The smallest absolute Gasteiger partial charge is 0.272 e. The van der Waals surface area contributed by atoms with E-state index in [4.69, 9.17) is 0 Å². The average molecular weight is 584 g/mol. The van der Waals surface area contributed by atoms with Crippen LogP contribution in [-0.4, -0.2) is 55.5 Å². The normalized spacial score (nSPS) is 13.5. The monoisotopic (exact) mass is 583 g/mol. The summed E-state index contributed by atoms with van der Waals surface area (Å²) in [6, 6.07) is 15.0. The summed E-state index contributed by atoms with van der Waals surface area (Å²) < 4.78 is 27.4. The maximum Gasteiger partial charge on any atom is 0.272 e. The summed E-state index contributed by atoms with van der Waals surface area (Å²) >= 11 is 1.34. The molecule has 0 atom stereocenters. The molecule has 12 heteroatoms. The van der Waals surface area contributed by atoms with Gasteiger partial charge in [0.1, 0.15) is 5.00 Å². The predicted octanol–water partition coefficient (Wildman–Crippen LogP) is 3.37. The fourth-order valence-corrected chi connectivity index (χ4v) is 7.00. The molecule has 2 heterocycles. The van der Waals surface area contributed by atoms with Gasteiger partial charge in [0.2, 0.25) is 15.9 Å². The predicted molar refractivity (Wildman–Crippen MR) is 154 cm³/mol. The molecule has 0 saturated carbocycles. The van der Waals surface area contributed by atoms with Gasteiger partial charge < -0.3 is 5.32 Å². The number of anilines is 1. The summed E-state index contributed by atoms with van der Waals surface area (Å²) in [5.41, 5.74) is 7.02. The van der Waals surface area contributed by atoms with Crippen LogP contribution in [0.2, 0.25) is 0 Å². The van der Waals surface area contributed by atoms with E-state index in [0.717, 1.165) is 35.5 Å². The highest BCUT2D eigenvalue weighted by molar-refractivity contribution is 7.89. The third kappa shape index (κ3) is 6.76. The number of carbonyl (C=O) groups is 3. The second kappa shape index (κ2) is 12.7. The summed E-state index contributed by atoms with van der Waals surface area (Å²) in [6.45, 7) is 6.01. The number of hydrazine groups is 1. The highest BCUT2D eigenvalue weighted by Crippen LogP contribution is 2.37. The number of fused-ring (bicyclic) bond motifs is 1. The summed E-state index contributed by atoms with van der Waals surface area (Å²) in [7, 11) is -2.26. The molecule has 1 aliphatic heterocycles. The molecule has 4 rings (SSSR count). The van der Waals surface area contributed by atoms with E-state index in [1.165, 1.54) is 53.9 Å². The van der Waals surface area contributed by atoms with Gasteiger partial charge in [0.05, 0.1) is 10.5 Å². The van der Waals surface area contributed by atoms with Crippen LogP contribution in [0.1, 0.15) is 57.0 Å². The molecule has 0 radical (unpaired) electrons. The maximum atomic E-state index is 13.2. The molecule has 0 spiro atoms. The zero-order chi connectivity index (χ0) is 28.9. The Morgan fingerprint density at radius 2 is 1.70 bits per heavy atom. The lowest BCUT2D eigenvalue weighted by Crippen LogP contribution is -2.41. The first kappa shape index (κ1) is 29.4. The minimum Gasteiger partial charge on any atom is -0.313 e. The van der Waals surface area contributed by atoms with Crippen LogP contribution in [0.3, 0.4) is 0 Å². The zero-order valence-electron chi connectivity index (χ0n) is 22.7. The molecular formula is C28H33N5O5S2. The molecule has 3 aromatic rings. The quantitative estimate of drug-likeness (QED) is 0.332. The van der Waals surface area contributed by atoms with Crippen molar-refractivity contribution in [3.8, 4) is 0 Å². The van der Waals surface area contributed by atoms with Crippen molar-refractivity contribution in [1.82, 2.24) is 20.1 Å². The van der Waals surface area contributed by atoms with Crippen molar-refractivity contribution in [3.63, 3.8) is 0 Å². The molecule has 1 aromatic heterocycles. The third-order valence-corrected chi connectivity index (χ3v) is 9.50. The van der Waals surface area contributed by atoms with Gasteiger partial charge in [-0.25, -0.2) is 8.42 Å². The molecule has 0 saturated heterocycles. The molecule has 3 N–H and O–H groups in total. The SMILES string of the molecule is CCCN1CCc2c(sc(NC(=O)c3ccc(S(=O)(=O)N(C)Cc4ccccc4)cc3)c2C(=O)NNC(C)=O)C1. The highest BCUT2D eigenvalue weighted by atomic mass is 32.2.